The molecule has 1 rings (SSSR count). The van der Waals surface area contributed by atoms with Gasteiger partial charge in [-0.3, -0.25) is 4.79 Å². The molecule has 130 valence electrons. The summed E-state index contributed by atoms with van der Waals surface area (Å²) in [7, 11) is 0. The highest BCUT2D eigenvalue weighted by Gasteiger charge is 2.11. The van der Waals surface area contributed by atoms with E-state index in [0.717, 1.165) is 24.9 Å². The van der Waals surface area contributed by atoms with Crippen molar-refractivity contribution in [1.29, 1.82) is 0 Å². The predicted octanol–water partition coefficient (Wildman–Crippen LogP) is 2.56. The van der Waals surface area contributed by atoms with Crippen molar-refractivity contribution in [3.8, 4) is 5.75 Å². The monoisotopic (exact) mass is 323 g/mol. The molecular weight excluding hydrogens is 294 g/mol. The minimum absolute atomic E-state index is 0.0112. The number of carbonyl (C=O) groups excluding carboxylic acids is 1. The number of nitrogens with one attached hydrogen (secondary N) is 1. The molecule has 0 fully saturated rings. The van der Waals surface area contributed by atoms with Crippen LogP contribution in [0.4, 0.5) is 0 Å². The largest absolute Gasteiger partial charge is 0.490 e. The van der Waals surface area contributed by atoms with Crippen LogP contribution in [-0.4, -0.2) is 43.3 Å². The van der Waals surface area contributed by atoms with Crippen LogP contribution < -0.4 is 10.1 Å². The van der Waals surface area contributed by atoms with Gasteiger partial charge in [0.15, 0.2) is 5.78 Å². The Morgan fingerprint density at radius 1 is 1.30 bits per heavy atom. The molecule has 0 aliphatic heterocycles. The second-order valence-electron chi connectivity index (χ2n) is 5.60. The molecule has 5 nitrogen and oxygen atoms in total. The fourth-order valence-corrected chi connectivity index (χ4v) is 2.07. The lowest BCUT2D eigenvalue weighted by Crippen LogP contribution is -2.31. The quantitative estimate of drug-likeness (QED) is 0.457. The van der Waals surface area contributed by atoms with Crippen LogP contribution in [0.5, 0.6) is 5.75 Å². The summed E-state index contributed by atoms with van der Waals surface area (Å²) in [5, 5.41) is 13.1. The highest BCUT2D eigenvalue weighted by atomic mass is 16.5. The molecule has 1 aromatic rings. The van der Waals surface area contributed by atoms with Crippen molar-refractivity contribution in [1.82, 2.24) is 5.32 Å². The molecule has 0 radical (unpaired) electrons. The van der Waals surface area contributed by atoms with Gasteiger partial charge >= 0.3 is 0 Å². The lowest BCUT2D eigenvalue weighted by atomic mass is 10.1. The highest BCUT2D eigenvalue weighted by Crippen LogP contribution is 2.22. The molecule has 0 unspecified atom stereocenters. The van der Waals surface area contributed by atoms with E-state index in [1.165, 1.54) is 6.92 Å². The summed E-state index contributed by atoms with van der Waals surface area (Å²) in [6.45, 7) is 8.30. The number of benzene rings is 1. The molecule has 0 aliphatic carbocycles. The van der Waals surface area contributed by atoms with Crippen LogP contribution in [0.3, 0.4) is 0 Å². The van der Waals surface area contributed by atoms with Gasteiger partial charge in [0, 0.05) is 24.3 Å². The molecule has 0 saturated carbocycles. The molecular formula is C18H29NO4. The van der Waals surface area contributed by atoms with Crippen molar-refractivity contribution < 1.29 is 19.4 Å². The highest BCUT2D eigenvalue weighted by molar-refractivity contribution is 5.94. The van der Waals surface area contributed by atoms with Crippen molar-refractivity contribution in [3.63, 3.8) is 0 Å². The Morgan fingerprint density at radius 2 is 2.09 bits per heavy atom. The molecule has 23 heavy (non-hydrogen) atoms. The molecule has 2 N–H and O–H groups in total. The summed E-state index contributed by atoms with van der Waals surface area (Å²) in [5.74, 6) is 0.665. The van der Waals surface area contributed by atoms with E-state index in [1.807, 2.05) is 6.92 Å². The van der Waals surface area contributed by atoms with Gasteiger partial charge in [-0.25, -0.2) is 0 Å². The van der Waals surface area contributed by atoms with E-state index in [4.69, 9.17) is 9.47 Å². The van der Waals surface area contributed by atoms with Crippen molar-refractivity contribution in [2.45, 2.75) is 46.3 Å². The molecule has 0 spiro atoms. The molecule has 5 heteroatoms. The van der Waals surface area contributed by atoms with Crippen LogP contribution in [-0.2, 0) is 11.3 Å². The third kappa shape index (κ3) is 7.59. The van der Waals surface area contributed by atoms with Crippen LogP contribution in [0.2, 0.25) is 0 Å². The third-order valence-electron chi connectivity index (χ3n) is 3.31. The summed E-state index contributed by atoms with van der Waals surface area (Å²) >= 11 is 0. The molecule has 0 heterocycles. The number of ketones is 1. The van der Waals surface area contributed by atoms with Crippen LogP contribution in [0.15, 0.2) is 18.2 Å². The normalized spacial score (nSPS) is 12.2. The van der Waals surface area contributed by atoms with Gasteiger partial charge in [-0.2, -0.15) is 0 Å². The van der Waals surface area contributed by atoms with Crippen molar-refractivity contribution in [2.75, 3.05) is 26.3 Å². The second kappa shape index (κ2) is 11.2. The van der Waals surface area contributed by atoms with E-state index < -0.39 is 6.10 Å². The van der Waals surface area contributed by atoms with Gasteiger partial charge in [-0.15, -0.1) is 0 Å². The summed E-state index contributed by atoms with van der Waals surface area (Å²) in [6, 6.07) is 5.31. The molecule has 0 aromatic heterocycles. The van der Waals surface area contributed by atoms with E-state index in [2.05, 4.69) is 12.2 Å². The van der Waals surface area contributed by atoms with E-state index in [9.17, 15) is 9.90 Å². The maximum absolute atomic E-state index is 11.5. The van der Waals surface area contributed by atoms with Gasteiger partial charge in [0.25, 0.3) is 0 Å². The number of aliphatic hydroxyl groups excluding tert-OH is 1. The lowest BCUT2D eigenvalue weighted by molar-refractivity contribution is 0.0976. The Kier molecular flexibility index (Phi) is 9.52. The Labute approximate surface area is 139 Å². The maximum atomic E-state index is 11.5. The van der Waals surface area contributed by atoms with E-state index in [0.29, 0.717) is 31.1 Å². The Morgan fingerprint density at radius 3 is 2.74 bits per heavy atom. The maximum Gasteiger partial charge on any atom is 0.159 e. The van der Waals surface area contributed by atoms with Gasteiger partial charge < -0.3 is 19.9 Å². The van der Waals surface area contributed by atoms with Crippen LogP contribution in [0, 0.1) is 0 Å². The number of carbonyl (C=O) groups is 1. The topological polar surface area (TPSA) is 67.8 Å². The fourth-order valence-electron chi connectivity index (χ4n) is 2.07. The van der Waals surface area contributed by atoms with Gasteiger partial charge in [-0.1, -0.05) is 13.8 Å². The third-order valence-corrected chi connectivity index (χ3v) is 3.31. The fraction of sp³-hybridized carbons (Fsp3) is 0.611. The van der Waals surface area contributed by atoms with Crippen molar-refractivity contribution in [3.05, 3.63) is 29.3 Å². The number of hydrogen-bond acceptors (Lipinski definition) is 5. The first-order valence-corrected chi connectivity index (χ1v) is 8.31. The van der Waals surface area contributed by atoms with Crippen molar-refractivity contribution >= 4 is 5.78 Å². The first-order chi connectivity index (χ1) is 11.1. The van der Waals surface area contributed by atoms with E-state index in [1.54, 1.807) is 18.2 Å². The second-order valence-corrected chi connectivity index (χ2v) is 5.60. The lowest BCUT2D eigenvalue weighted by Gasteiger charge is -2.16. The molecule has 0 aliphatic rings. The number of ether oxygens (including phenoxy) is 2. The first kappa shape index (κ1) is 19.6. The van der Waals surface area contributed by atoms with Crippen LogP contribution >= 0.6 is 0 Å². The summed E-state index contributed by atoms with van der Waals surface area (Å²) < 4.78 is 11.3. The predicted molar refractivity (Wildman–Crippen MR) is 91.1 cm³/mol. The molecule has 1 atom stereocenters. The summed E-state index contributed by atoms with van der Waals surface area (Å²) in [5.41, 5.74) is 1.47. The molecule has 1 aromatic carbocycles. The Bertz CT molecular complexity index is 476. The molecule has 0 bridgehead atoms. The van der Waals surface area contributed by atoms with E-state index in [-0.39, 0.29) is 12.4 Å². The Hall–Kier alpha value is -1.43. The van der Waals surface area contributed by atoms with Gasteiger partial charge in [0.1, 0.15) is 18.5 Å². The van der Waals surface area contributed by atoms with E-state index >= 15 is 0 Å². The summed E-state index contributed by atoms with van der Waals surface area (Å²) in [4.78, 5) is 11.5. The molecule has 0 amide bonds. The van der Waals surface area contributed by atoms with Crippen LogP contribution in [0.1, 0.15) is 49.5 Å². The average molecular weight is 323 g/mol. The Balaban J connectivity index is 2.65. The van der Waals surface area contributed by atoms with Crippen molar-refractivity contribution in [2.24, 2.45) is 0 Å². The zero-order valence-electron chi connectivity index (χ0n) is 14.4. The standard InChI is InChI=1S/C18H29NO4/c1-4-8-19-11-17(21)13-23-18-7-6-15(14(3)20)10-16(18)12-22-9-5-2/h6-7,10,17,19,21H,4-5,8-9,11-13H2,1-3H3/t17-/m0/s1. The molecule has 0 saturated heterocycles. The van der Waals surface area contributed by atoms with Gasteiger partial charge in [0.05, 0.1) is 6.61 Å². The smallest absolute Gasteiger partial charge is 0.159 e. The van der Waals surface area contributed by atoms with Gasteiger partial charge in [0.2, 0.25) is 0 Å². The van der Waals surface area contributed by atoms with Crippen LogP contribution in [0.25, 0.3) is 0 Å². The zero-order chi connectivity index (χ0) is 17.1. The number of aliphatic hydroxyl groups is 1. The SMILES string of the molecule is CCCNC[C@H](O)COc1ccc(C(C)=O)cc1COCCC. The number of hydrogen-bond donors (Lipinski definition) is 2. The minimum Gasteiger partial charge on any atom is -0.490 e. The first-order valence-electron chi connectivity index (χ1n) is 8.31. The number of rotatable bonds is 12. The average Bonchev–Trinajstić information content (AvgIpc) is 2.54. The minimum atomic E-state index is -0.571. The van der Waals surface area contributed by atoms with Gasteiger partial charge in [-0.05, 0) is 44.5 Å². The number of Topliss-reactive ketones (excluding diaryl/α,β-unsaturated/α-hetero) is 1. The zero-order valence-corrected chi connectivity index (χ0v) is 14.4. The summed E-state index contributed by atoms with van der Waals surface area (Å²) in [6.07, 6.45) is 1.39.